The number of benzene rings is 1. The van der Waals surface area contributed by atoms with Crippen LogP contribution in [0.3, 0.4) is 0 Å². The maximum Gasteiger partial charge on any atom is 0.212 e. The van der Waals surface area contributed by atoms with Gasteiger partial charge < -0.3 is 14.9 Å². The van der Waals surface area contributed by atoms with Crippen molar-refractivity contribution in [3.8, 4) is 0 Å². The zero-order valence-electron chi connectivity index (χ0n) is 8.94. The van der Waals surface area contributed by atoms with Crippen LogP contribution >= 0.6 is 11.6 Å². The van der Waals surface area contributed by atoms with Gasteiger partial charge in [-0.1, -0.05) is 11.6 Å². The molecule has 5 heteroatoms. The fourth-order valence-corrected chi connectivity index (χ4v) is 1.61. The van der Waals surface area contributed by atoms with E-state index >= 15 is 0 Å². The van der Waals surface area contributed by atoms with E-state index in [2.05, 4.69) is 4.98 Å². The largest absolute Gasteiger partial charge is 0.439 e. The number of aromatic nitrogens is 1. The Morgan fingerprint density at radius 2 is 2.38 bits per heavy atom. The van der Waals surface area contributed by atoms with Gasteiger partial charge in [-0.3, -0.25) is 0 Å². The highest BCUT2D eigenvalue weighted by molar-refractivity contribution is 6.31. The quantitative estimate of drug-likeness (QED) is 0.892. The molecule has 86 valence electrons. The molecule has 0 saturated heterocycles. The number of halogens is 1. The van der Waals surface area contributed by atoms with Gasteiger partial charge in [-0.15, -0.1) is 0 Å². The number of oxazole rings is 1. The van der Waals surface area contributed by atoms with Crippen LogP contribution in [0.5, 0.6) is 0 Å². The summed E-state index contributed by atoms with van der Waals surface area (Å²) in [5, 5.41) is 0.637. The summed E-state index contributed by atoms with van der Waals surface area (Å²) in [6.07, 6.45) is 0.678. The molecule has 0 aliphatic heterocycles. The zero-order chi connectivity index (χ0) is 11.5. The molecule has 0 spiro atoms. The SMILES string of the molecule is COCCC(N)c1nc2cc(Cl)ccc2o1. The second-order valence-corrected chi connectivity index (χ2v) is 3.99. The molecule has 0 saturated carbocycles. The van der Waals surface area contributed by atoms with Crippen LogP contribution in [0, 0.1) is 0 Å². The van der Waals surface area contributed by atoms with Crippen molar-refractivity contribution in [1.82, 2.24) is 4.98 Å². The van der Waals surface area contributed by atoms with Gasteiger partial charge in [-0.25, -0.2) is 4.98 Å². The van der Waals surface area contributed by atoms with E-state index in [4.69, 9.17) is 26.5 Å². The van der Waals surface area contributed by atoms with E-state index in [9.17, 15) is 0 Å². The van der Waals surface area contributed by atoms with Crippen molar-refractivity contribution in [2.45, 2.75) is 12.5 Å². The van der Waals surface area contributed by atoms with Crippen LogP contribution in [-0.4, -0.2) is 18.7 Å². The highest BCUT2D eigenvalue weighted by atomic mass is 35.5. The average Bonchev–Trinajstić information content (AvgIpc) is 2.68. The fraction of sp³-hybridized carbons (Fsp3) is 0.364. The maximum absolute atomic E-state index is 5.91. The number of hydrogen-bond donors (Lipinski definition) is 1. The number of fused-ring (bicyclic) bond motifs is 1. The van der Waals surface area contributed by atoms with Gasteiger partial charge in [-0.05, 0) is 24.6 Å². The molecule has 0 bridgehead atoms. The van der Waals surface area contributed by atoms with Crippen LogP contribution in [0.15, 0.2) is 22.6 Å². The van der Waals surface area contributed by atoms with Crippen molar-refractivity contribution in [3.63, 3.8) is 0 Å². The van der Waals surface area contributed by atoms with Gasteiger partial charge >= 0.3 is 0 Å². The monoisotopic (exact) mass is 240 g/mol. The molecule has 0 radical (unpaired) electrons. The molecule has 1 aromatic carbocycles. The Balaban J connectivity index is 2.25. The molecule has 0 fully saturated rings. The lowest BCUT2D eigenvalue weighted by Crippen LogP contribution is -2.12. The van der Waals surface area contributed by atoms with E-state index in [1.807, 2.05) is 0 Å². The minimum atomic E-state index is -0.244. The molecule has 0 aliphatic carbocycles. The molecule has 4 nitrogen and oxygen atoms in total. The van der Waals surface area contributed by atoms with Crippen molar-refractivity contribution < 1.29 is 9.15 Å². The molecule has 16 heavy (non-hydrogen) atoms. The topological polar surface area (TPSA) is 61.3 Å². The fourth-order valence-electron chi connectivity index (χ4n) is 1.45. The molecule has 1 aromatic heterocycles. The summed E-state index contributed by atoms with van der Waals surface area (Å²) >= 11 is 5.86. The number of methoxy groups -OCH3 is 1. The predicted molar refractivity (Wildman–Crippen MR) is 62.4 cm³/mol. The van der Waals surface area contributed by atoms with Crippen molar-refractivity contribution in [2.24, 2.45) is 5.73 Å². The first-order valence-electron chi connectivity index (χ1n) is 5.01. The van der Waals surface area contributed by atoms with Gasteiger partial charge in [0, 0.05) is 18.7 Å². The zero-order valence-corrected chi connectivity index (χ0v) is 9.70. The lowest BCUT2D eigenvalue weighted by molar-refractivity contribution is 0.184. The Kier molecular flexibility index (Phi) is 3.43. The van der Waals surface area contributed by atoms with Crippen LogP contribution in [0.25, 0.3) is 11.1 Å². The van der Waals surface area contributed by atoms with E-state index in [1.165, 1.54) is 0 Å². The van der Waals surface area contributed by atoms with Crippen LogP contribution in [0.1, 0.15) is 18.4 Å². The van der Waals surface area contributed by atoms with E-state index in [-0.39, 0.29) is 6.04 Å². The van der Waals surface area contributed by atoms with Crippen molar-refractivity contribution in [2.75, 3.05) is 13.7 Å². The highest BCUT2D eigenvalue weighted by Gasteiger charge is 2.13. The van der Waals surface area contributed by atoms with E-state index in [1.54, 1.807) is 25.3 Å². The summed E-state index contributed by atoms with van der Waals surface area (Å²) in [5.41, 5.74) is 7.35. The number of ether oxygens (including phenoxy) is 1. The minimum Gasteiger partial charge on any atom is -0.439 e. The third-order valence-corrected chi connectivity index (χ3v) is 2.55. The Bertz CT molecular complexity index is 484. The number of rotatable bonds is 4. The Morgan fingerprint density at radius 1 is 1.56 bits per heavy atom. The Labute approximate surface area is 98.3 Å². The summed E-state index contributed by atoms with van der Waals surface area (Å²) in [6, 6.07) is 5.06. The summed E-state index contributed by atoms with van der Waals surface area (Å²) in [4.78, 5) is 4.29. The van der Waals surface area contributed by atoms with Crippen molar-refractivity contribution in [3.05, 3.63) is 29.1 Å². The Hall–Kier alpha value is -1.10. The molecule has 2 aromatic rings. The molecular formula is C11H13ClN2O2. The van der Waals surface area contributed by atoms with Crippen molar-refractivity contribution >= 4 is 22.7 Å². The first kappa shape index (κ1) is 11.4. The van der Waals surface area contributed by atoms with Gasteiger partial charge in [-0.2, -0.15) is 0 Å². The lowest BCUT2D eigenvalue weighted by Gasteiger charge is -2.05. The predicted octanol–water partition coefficient (Wildman–Crippen LogP) is 2.52. The third-order valence-electron chi connectivity index (χ3n) is 2.32. The normalized spacial score (nSPS) is 13.2. The van der Waals surface area contributed by atoms with E-state index in [0.29, 0.717) is 29.5 Å². The molecule has 1 atom stereocenters. The highest BCUT2D eigenvalue weighted by Crippen LogP contribution is 2.23. The van der Waals surface area contributed by atoms with Crippen LogP contribution < -0.4 is 5.73 Å². The first-order valence-corrected chi connectivity index (χ1v) is 5.39. The van der Waals surface area contributed by atoms with Gasteiger partial charge in [0.05, 0.1) is 6.04 Å². The molecule has 1 heterocycles. The summed E-state index contributed by atoms with van der Waals surface area (Å²) in [6.45, 7) is 0.584. The standard InChI is InChI=1S/C11H13ClN2O2/c1-15-5-4-8(13)11-14-9-6-7(12)2-3-10(9)16-11/h2-3,6,8H,4-5,13H2,1H3. The second-order valence-electron chi connectivity index (χ2n) is 3.55. The van der Waals surface area contributed by atoms with Crippen LogP contribution in [-0.2, 0) is 4.74 Å². The van der Waals surface area contributed by atoms with Crippen LogP contribution in [0.2, 0.25) is 5.02 Å². The molecule has 2 N–H and O–H groups in total. The smallest absolute Gasteiger partial charge is 0.212 e. The average molecular weight is 241 g/mol. The number of hydrogen-bond acceptors (Lipinski definition) is 4. The van der Waals surface area contributed by atoms with Crippen molar-refractivity contribution in [1.29, 1.82) is 0 Å². The van der Waals surface area contributed by atoms with Gasteiger partial charge in [0.2, 0.25) is 5.89 Å². The summed E-state index contributed by atoms with van der Waals surface area (Å²) < 4.78 is 10.5. The third kappa shape index (κ3) is 2.35. The van der Waals surface area contributed by atoms with E-state index < -0.39 is 0 Å². The van der Waals surface area contributed by atoms with Crippen LogP contribution in [0.4, 0.5) is 0 Å². The first-order chi connectivity index (χ1) is 7.70. The lowest BCUT2D eigenvalue weighted by atomic mass is 10.2. The minimum absolute atomic E-state index is 0.244. The van der Waals surface area contributed by atoms with Gasteiger partial charge in [0.25, 0.3) is 0 Å². The summed E-state index contributed by atoms with van der Waals surface area (Å²) in [7, 11) is 1.64. The van der Waals surface area contributed by atoms with Gasteiger partial charge in [0.1, 0.15) is 5.52 Å². The molecule has 0 aliphatic rings. The van der Waals surface area contributed by atoms with E-state index in [0.717, 1.165) is 5.52 Å². The van der Waals surface area contributed by atoms with Gasteiger partial charge in [0.15, 0.2) is 5.58 Å². The summed E-state index contributed by atoms with van der Waals surface area (Å²) in [5.74, 6) is 0.523. The molecule has 1 unspecified atom stereocenters. The number of nitrogens with zero attached hydrogens (tertiary/aromatic N) is 1. The number of nitrogens with two attached hydrogens (primary N) is 1. The molecule has 0 amide bonds. The molecule has 2 rings (SSSR count). The second kappa shape index (κ2) is 4.82. The Morgan fingerprint density at radius 3 is 3.12 bits per heavy atom. The maximum atomic E-state index is 5.91. The molecular weight excluding hydrogens is 228 g/mol.